The van der Waals surface area contributed by atoms with Gasteiger partial charge in [-0.15, -0.1) is 0 Å². The summed E-state index contributed by atoms with van der Waals surface area (Å²) < 4.78 is 0. The summed E-state index contributed by atoms with van der Waals surface area (Å²) in [7, 11) is 0. The Kier molecular flexibility index (Phi) is 4.03. The molecule has 126 valence electrons. The van der Waals surface area contributed by atoms with Crippen molar-refractivity contribution < 1.29 is 0 Å². The molecular weight excluding hydrogens is 288 g/mol. The summed E-state index contributed by atoms with van der Waals surface area (Å²) >= 11 is 0. The monoisotopic (exact) mass is 318 g/mol. The van der Waals surface area contributed by atoms with Crippen LogP contribution in [0.5, 0.6) is 0 Å². The van der Waals surface area contributed by atoms with E-state index in [1.54, 1.807) is 0 Å². The molecule has 0 spiro atoms. The van der Waals surface area contributed by atoms with E-state index >= 15 is 0 Å². The summed E-state index contributed by atoms with van der Waals surface area (Å²) in [6.07, 6.45) is 10.9. The first-order valence-electron chi connectivity index (χ1n) is 9.81. The topological polar surface area (TPSA) is 0 Å². The summed E-state index contributed by atoms with van der Waals surface area (Å²) in [6.45, 7) is 4.87. The predicted molar refractivity (Wildman–Crippen MR) is 104 cm³/mol. The largest absolute Gasteiger partial charge is 0.0579 e. The highest BCUT2D eigenvalue weighted by molar-refractivity contribution is 5.64. The molecule has 0 heterocycles. The zero-order chi connectivity index (χ0) is 16.6. The van der Waals surface area contributed by atoms with Crippen LogP contribution in [0.15, 0.2) is 48.5 Å². The minimum atomic E-state index is 0.416. The van der Waals surface area contributed by atoms with Crippen LogP contribution in [-0.4, -0.2) is 0 Å². The molecule has 0 aliphatic heterocycles. The fourth-order valence-electron chi connectivity index (χ4n) is 5.02. The molecule has 0 heteroatoms. The average molecular weight is 319 g/mol. The minimum absolute atomic E-state index is 0.416. The van der Waals surface area contributed by atoms with Crippen molar-refractivity contribution in [3.05, 3.63) is 59.7 Å². The highest BCUT2D eigenvalue weighted by atomic mass is 14.4. The third-order valence-electron chi connectivity index (χ3n) is 6.91. The summed E-state index contributed by atoms with van der Waals surface area (Å²) in [5.74, 6) is 0. The van der Waals surface area contributed by atoms with Gasteiger partial charge < -0.3 is 0 Å². The third kappa shape index (κ3) is 2.81. The van der Waals surface area contributed by atoms with Gasteiger partial charge >= 0.3 is 0 Å². The first-order chi connectivity index (χ1) is 11.6. The number of hydrogen-bond donors (Lipinski definition) is 0. The molecule has 0 N–H and O–H groups in total. The second kappa shape index (κ2) is 6.06. The molecular formula is C24H30. The van der Waals surface area contributed by atoms with E-state index < -0.39 is 0 Å². The Morgan fingerprint density at radius 2 is 0.792 bits per heavy atom. The molecule has 0 aromatic heterocycles. The fourth-order valence-corrected chi connectivity index (χ4v) is 5.02. The van der Waals surface area contributed by atoms with Gasteiger partial charge in [0.2, 0.25) is 0 Å². The normalized spacial score (nSPS) is 21.9. The van der Waals surface area contributed by atoms with E-state index in [1.165, 1.54) is 73.6 Å². The lowest BCUT2D eigenvalue weighted by atomic mass is 9.80. The Balaban J connectivity index is 1.55. The lowest BCUT2D eigenvalue weighted by Gasteiger charge is -2.25. The Labute approximate surface area is 147 Å². The highest BCUT2D eigenvalue weighted by Gasteiger charge is 2.31. The van der Waals surface area contributed by atoms with E-state index in [0.29, 0.717) is 10.8 Å². The van der Waals surface area contributed by atoms with Gasteiger partial charge in [-0.05, 0) is 58.8 Å². The summed E-state index contributed by atoms with van der Waals surface area (Å²) in [6, 6.07) is 18.8. The molecule has 0 nitrogen and oxygen atoms in total. The molecule has 2 saturated carbocycles. The van der Waals surface area contributed by atoms with Gasteiger partial charge in [0.1, 0.15) is 0 Å². The van der Waals surface area contributed by atoms with Crippen LogP contribution in [0.2, 0.25) is 0 Å². The summed E-state index contributed by atoms with van der Waals surface area (Å²) in [5, 5.41) is 0. The van der Waals surface area contributed by atoms with Crippen LogP contribution < -0.4 is 0 Å². The van der Waals surface area contributed by atoms with Crippen molar-refractivity contribution in [1.82, 2.24) is 0 Å². The first kappa shape index (κ1) is 15.9. The predicted octanol–water partition coefficient (Wildman–Crippen LogP) is 7.02. The van der Waals surface area contributed by atoms with Crippen LogP contribution in [0.3, 0.4) is 0 Å². The first-order valence-corrected chi connectivity index (χ1v) is 9.81. The van der Waals surface area contributed by atoms with Gasteiger partial charge in [0.25, 0.3) is 0 Å². The van der Waals surface area contributed by atoms with Crippen molar-refractivity contribution in [3.8, 4) is 11.1 Å². The highest BCUT2D eigenvalue weighted by Crippen LogP contribution is 2.42. The maximum absolute atomic E-state index is 2.44. The molecule has 0 unspecified atom stereocenters. The van der Waals surface area contributed by atoms with Crippen LogP contribution in [-0.2, 0) is 10.8 Å². The van der Waals surface area contributed by atoms with E-state index in [0.717, 1.165) is 0 Å². The molecule has 0 atom stereocenters. The Morgan fingerprint density at radius 1 is 0.500 bits per heavy atom. The van der Waals surface area contributed by atoms with Crippen molar-refractivity contribution in [2.24, 2.45) is 0 Å². The van der Waals surface area contributed by atoms with Crippen molar-refractivity contribution in [3.63, 3.8) is 0 Å². The van der Waals surface area contributed by atoms with E-state index in [4.69, 9.17) is 0 Å². The zero-order valence-electron chi connectivity index (χ0n) is 15.3. The Bertz CT molecular complexity index is 614. The minimum Gasteiger partial charge on any atom is -0.0579 e. The lowest BCUT2D eigenvalue weighted by molar-refractivity contribution is 0.491. The van der Waals surface area contributed by atoms with Gasteiger partial charge in [0, 0.05) is 0 Å². The van der Waals surface area contributed by atoms with E-state index in [-0.39, 0.29) is 0 Å². The molecule has 2 aromatic carbocycles. The Morgan fingerprint density at radius 3 is 1.08 bits per heavy atom. The van der Waals surface area contributed by atoms with Crippen molar-refractivity contribution in [2.45, 2.75) is 76.0 Å². The number of hydrogen-bond acceptors (Lipinski definition) is 0. The van der Waals surface area contributed by atoms with Gasteiger partial charge in [-0.2, -0.15) is 0 Å². The molecule has 2 aliphatic rings. The Hall–Kier alpha value is -1.56. The lowest BCUT2D eigenvalue weighted by Crippen LogP contribution is -2.16. The molecule has 0 saturated heterocycles. The van der Waals surface area contributed by atoms with Crippen LogP contribution in [0.25, 0.3) is 11.1 Å². The fraction of sp³-hybridized carbons (Fsp3) is 0.500. The number of benzene rings is 2. The smallest absolute Gasteiger partial charge is 0.00752 e. The van der Waals surface area contributed by atoms with Gasteiger partial charge in [-0.1, -0.05) is 88.1 Å². The van der Waals surface area contributed by atoms with Gasteiger partial charge in [-0.25, -0.2) is 0 Å². The third-order valence-corrected chi connectivity index (χ3v) is 6.91. The standard InChI is InChI=1S/C24H30/c1-23(15-3-4-16-23)21-11-7-19(8-12-21)20-9-13-22(14-10-20)24(2)17-5-6-18-24/h7-14H,3-6,15-18H2,1-2H3. The zero-order valence-corrected chi connectivity index (χ0v) is 15.3. The van der Waals surface area contributed by atoms with E-state index in [1.807, 2.05) is 0 Å². The SMILES string of the molecule is CC1(c2ccc(-c3ccc(C4(C)CCCC4)cc3)cc2)CCCC1. The van der Waals surface area contributed by atoms with Crippen LogP contribution in [0.1, 0.15) is 76.3 Å². The van der Waals surface area contributed by atoms with Gasteiger partial charge in [0.05, 0.1) is 0 Å². The van der Waals surface area contributed by atoms with Gasteiger partial charge in [-0.3, -0.25) is 0 Å². The van der Waals surface area contributed by atoms with E-state index in [9.17, 15) is 0 Å². The van der Waals surface area contributed by atoms with Crippen LogP contribution >= 0.6 is 0 Å². The van der Waals surface area contributed by atoms with Crippen molar-refractivity contribution >= 4 is 0 Å². The molecule has 24 heavy (non-hydrogen) atoms. The van der Waals surface area contributed by atoms with Crippen LogP contribution in [0, 0.1) is 0 Å². The molecule has 4 rings (SSSR count). The summed E-state index contributed by atoms with van der Waals surface area (Å²) in [5.41, 5.74) is 6.59. The number of rotatable bonds is 3. The van der Waals surface area contributed by atoms with Crippen molar-refractivity contribution in [1.29, 1.82) is 0 Å². The maximum atomic E-state index is 2.44. The van der Waals surface area contributed by atoms with Gasteiger partial charge in [0.15, 0.2) is 0 Å². The molecule has 2 aliphatic carbocycles. The summed E-state index contributed by atoms with van der Waals surface area (Å²) in [4.78, 5) is 0. The second-order valence-electron chi connectivity index (χ2n) is 8.69. The van der Waals surface area contributed by atoms with E-state index in [2.05, 4.69) is 62.4 Å². The molecule has 0 bridgehead atoms. The average Bonchev–Trinajstić information content (AvgIpc) is 3.26. The molecule has 0 radical (unpaired) electrons. The second-order valence-corrected chi connectivity index (χ2v) is 8.69. The van der Waals surface area contributed by atoms with Crippen molar-refractivity contribution in [2.75, 3.05) is 0 Å². The molecule has 2 fully saturated rings. The molecule has 0 amide bonds. The molecule has 2 aromatic rings. The maximum Gasteiger partial charge on any atom is -0.00752 e. The van der Waals surface area contributed by atoms with Crippen LogP contribution in [0.4, 0.5) is 0 Å². The quantitative estimate of drug-likeness (QED) is 0.570.